The Balaban J connectivity index is 0.00000182. The molecule has 3 aliphatic rings. The Hall–Kier alpha value is -0.560. The van der Waals surface area contributed by atoms with Crippen LogP contribution in [0.1, 0.15) is 45.4 Å². The third kappa shape index (κ3) is 7.41. The molecule has 2 saturated heterocycles. The number of halogens is 2. The maximum Gasteiger partial charge on any atom is 0.234 e. The second-order valence-electron chi connectivity index (χ2n) is 8.18. The van der Waals surface area contributed by atoms with Gasteiger partial charge in [0.1, 0.15) is 0 Å². The van der Waals surface area contributed by atoms with E-state index >= 15 is 0 Å². The van der Waals surface area contributed by atoms with Gasteiger partial charge >= 0.3 is 0 Å². The van der Waals surface area contributed by atoms with Crippen LogP contribution < -0.4 is 10.6 Å². The molecule has 0 radical (unpaired) electrons. The smallest absolute Gasteiger partial charge is 0.234 e. The average Bonchev–Trinajstić information content (AvgIpc) is 2.62. The molecular formula is C19H36Cl2N4O2. The maximum atomic E-state index is 12.6. The van der Waals surface area contributed by atoms with E-state index in [-0.39, 0.29) is 36.6 Å². The van der Waals surface area contributed by atoms with Crippen molar-refractivity contribution >= 4 is 36.6 Å². The van der Waals surface area contributed by atoms with E-state index in [0.717, 1.165) is 70.9 Å². The molecule has 2 heterocycles. The predicted molar refractivity (Wildman–Crippen MR) is 113 cm³/mol. The maximum absolute atomic E-state index is 12.6. The van der Waals surface area contributed by atoms with Gasteiger partial charge in [-0.05, 0) is 38.1 Å². The van der Waals surface area contributed by atoms with Gasteiger partial charge in [-0.25, -0.2) is 0 Å². The molecule has 8 heteroatoms. The van der Waals surface area contributed by atoms with Crippen LogP contribution in [0.3, 0.4) is 0 Å². The molecule has 0 aromatic carbocycles. The summed E-state index contributed by atoms with van der Waals surface area (Å²) in [6.45, 7) is 7.72. The highest BCUT2D eigenvalue weighted by molar-refractivity contribution is 5.85. The number of carbonyl (C=O) groups is 2. The minimum absolute atomic E-state index is 0. The van der Waals surface area contributed by atoms with Gasteiger partial charge in [0.15, 0.2) is 0 Å². The van der Waals surface area contributed by atoms with E-state index in [4.69, 9.17) is 0 Å². The van der Waals surface area contributed by atoms with Gasteiger partial charge in [-0.1, -0.05) is 19.8 Å². The summed E-state index contributed by atoms with van der Waals surface area (Å²) in [5, 5.41) is 6.53. The number of amides is 2. The SMILES string of the molecule is CC1CCCC(NC(=O)CN2CCN(C(=O)C3CCCNC3)CC2)C1.Cl.Cl. The molecule has 6 nitrogen and oxygen atoms in total. The number of hydrogen-bond acceptors (Lipinski definition) is 4. The van der Waals surface area contributed by atoms with E-state index < -0.39 is 0 Å². The van der Waals surface area contributed by atoms with Gasteiger partial charge < -0.3 is 15.5 Å². The fourth-order valence-corrected chi connectivity index (χ4v) is 4.49. The average molecular weight is 423 g/mol. The molecule has 2 aliphatic heterocycles. The largest absolute Gasteiger partial charge is 0.352 e. The Morgan fingerprint density at radius 2 is 1.78 bits per heavy atom. The highest BCUT2D eigenvalue weighted by Gasteiger charge is 2.29. The summed E-state index contributed by atoms with van der Waals surface area (Å²) in [5.41, 5.74) is 0. The summed E-state index contributed by atoms with van der Waals surface area (Å²) in [4.78, 5) is 29.1. The zero-order valence-electron chi connectivity index (χ0n) is 16.5. The van der Waals surface area contributed by atoms with Crippen molar-refractivity contribution in [1.82, 2.24) is 20.4 Å². The molecule has 3 rings (SSSR count). The van der Waals surface area contributed by atoms with E-state index in [0.29, 0.717) is 18.5 Å². The van der Waals surface area contributed by atoms with E-state index in [2.05, 4.69) is 22.5 Å². The van der Waals surface area contributed by atoms with Crippen LogP contribution in [-0.4, -0.2) is 73.5 Å². The van der Waals surface area contributed by atoms with Crippen molar-refractivity contribution in [2.75, 3.05) is 45.8 Å². The van der Waals surface area contributed by atoms with E-state index in [9.17, 15) is 9.59 Å². The molecule has 0 spiro atoms. The topological polar surface area (TPSA) is 64.7 Å². The van der Waals surface area contributed by atoms with Gasteiger partial charge in [0.25, 0.3) is 0 Å². The second-order valence-corrected chi connectivity index (χ2v) is 8.18. The highest BCUT2D eigenvalue weighted by Crippen LogP contribution is 2.23. The van der Waals surface area contributed by atoms with Crippen molar-refractivity contribution in [2.24, 2.45) is 11.8 Å². The highest BCUT2D eigenvalue weighted by atomic mass is 35.5. The molecule has 1 aliphatic carbocycles. The zero-order chi connectivity index (χ0) is 17.6. The molecule has 0 bridgehead atoms. The summed E-state index contributed by atoms with van der Waals surface area (Å²) >= 11 is 0. The molecule has 2 amide bonds. The van der Waals surface area contributed by atoms with E-state index in [1.807, 2.05) is 4.90 Å². The summed E-state index contributed by atoms with van der Waals surface area (Å²) in [7, 11) is 0. The number of nitrogens with one attached hydrogen (secondary N) is 2. The first-order chi connectivity index (χ1) is 12.1. The number of piperidine rings is 1. The standard InChI is InChI=1S/C19H34N4O2.2ClH/c1-15-4-2-6-17(12-15)21-18(24)14-22-8-10-23(11-9-22)19(25)16-5-3-7-20-13-16;;/h15-17,20H,2-14H2,1H3,(H,21,24);2*1H. The molecule has 3 atom stereocenters. The summed E-state index contributed by atoms with van der Waals surface area (Å²) in [6.07, 6.45) is 6.85. The molecule has 3 unspecified atom stereocenters. The van der Waals surface area contributed by atoms with Gasteiger partial charge in [0.2, 0.25) is 11.8 Å². The molecule has 0 aromatic rings. The van der Waals surface area contributed by atoms with Gasteiger partial charge in [-0.2, -0.15) is 0 Å². The molecular weight excluding hydrogens is 387 g/mol. The van der Waals surface area contributed by atoms with Gasteiger partial charge in [0.05, 0.1) is 12.5 Å². The van der Waals surface area contributed by atoms with Gasteiger partial charge in [-0.15, -0.1) is 24.8 Å². The third-order valence-corrected chi connectivity index (χ3v) is 6.00. The fourth-order valence-electron chi connectivity index (χ4n) is 4.49. The van der Waals surface area contributed by atoms with Crippen LogP contribution in [0.15, 0.2) is 0 Å². The Kier molecular flexibility index (Phi) is 11.0. The van der Waals surface area contributed by atoms with Crippen LogP contribution in [-0.2, 0) is 9.59 Å². The number of nitrogens with zero attached hydrogens (tertiary/aromatic N) is 2. The van der Waals surface area contributed by atoms with Crippen molar-refractivity contribution in [3.8, 4) is 0 Å². The van der Waals surface area contributed by atoms with Crippen molar-refractivity contribution in [2.45, 2.75) is 51.5 Å². The molecule has 1 saturated carbocycles. The van der Waals surface area contributed by atoms with Crippen LogP contribution in [0.5, 0.6) is 0 Å². The van der Waals surface area contributed by atoms with Gasteiger partial charge in [-0.3, -0.25) is 14.5 Å². The first-order valence-corrected chi connectivity index (χ1v) is 10.1. The third-order valence-electron chi connectivity index (χ3n) is 6.00. The quantitative estimate of drug-likeness (QED) is 0.722. The minimum Gasteiger partial charge on any atom is -0.352 e. The number of rotatable bonds is 4. The summed E-state index contributed by atoms with van der Waals surface area (Å²) in [5.74, 6) is 1.32. The van der Waals surface area contributed by atoms with Crippen LogP contribution in [0.2, 0.25) is 0 Å². The normalized spacial score (nSPS) is 29.2. The van der Waals surface area contributed by atoms with Crippen molar-refractivity contribution in [3.05, 3.63) is 0 Å². The molecule has 158 valence electrons. The van der Waals surface area contributed by atoms with E-state index in [1.165, 1.54) is 12.8 Å². The predicted octanol–water partition coefficient (Wildman–Crippen LogP) is 1.67. The number of carbonyl (C=O) groups excluding carboxylic acids is 2. The first-order valence-electron chi connectivity index (χ1n) is 10.1. The van der Waals surface area contributed by atoms with Crippen LogP contribution in [0.25, 0.3) is 0 Å². The Morgan fingerprint density at radius 3 is 2.41 bits per heavy atom. The fraction of sp³-hybridized carbons (Fsp3) is 0.895. The van der Waals surface area contributed by atoms with Crippen LogP contribution in [0.4, 0.5) is 0 Å². The molecule has 3 fully saturated rings. The number of hydrogen-bond donors (Lipinski definition) is 2. The lowest BCUT2D eigenvalue weighted by Gasteiger charge is -2.37. The second kappa shape index (κ2) is 12.1. The Morgan fingerprint density at radius 1 is 1.04 bits per heavy atom. The van der Waals surface area contributed by atoms with Crippen molar-refractivity contribution in [1.29, 1.82) is 0 Å². The van der Waals surface area contributed by atoms with Gasteiger partial charge in [0, 0.05) is 38.8 Å². The van der Waals surface area contributed by atoms with Crippen molar-refractivity contribution in [3.63, 3.8) is 0 Å². The van der Waals surface area contributed by atoms with Crippen molar-refractivity contribution < 1.29 is 9.59 Å². The molecule has 0 aromatic heterocycles. The Labute approximate surface area is 176 Å². The lowest BCUT2D eigenvalue weighted by molar-refractivity contribution is -0.138. The Bertz CT molecular complexity index is 467. The monoisotopic (exact) mass is 422 g/mol. The van der Waals surface area contributed by atoms with Crippen LogP contribution >= 0.6 is 24.8 Å². The lowest BCUT2D eigenvalue weighted by atomic mass is 9.87. The molecule has 2 N–H and O–H groups in total. The van der Waals surface area contributed by atoms with E-state index in [1.54, 1.807) is 0 Å². The lowest BCUT2D eigenvalue weighted by Crippen LogP contribution is -2.54. The molecule has 27 heavy (non-hydrogen) atoms. The number of piperazine rings is 1. The summed E-state index contributed by atoms with van der Waals surface area (Å²) < 4.78 is 0. The first kappa shape index (κ1) is 24.5. The zero-order valence-corrected chi connectivity index (χ0v) is 18.1. The summed E-state index contributed by atoms with van der Waals surface area (Å²) in [6, 6.07) is 0.359. The minimum atomic E-state index is 0. The van der Waals surface area contributed by atoms with Crippen LogP contribution in [0, 0.1) is 11.8 Å².